The fraction of sp³-hybridized carbons (Fsp3) is 0. The van der Waals surface area contributed by atoms with Gasteiger partial charge in [-0.2, -0.15) is 0 Å². The molecule has 4 heteroatoms. The van der Waals surface area contributed by atoms with E-state index in [0.717, 1.165) is 37.9 Å². The maximum Gasteiger partial charge on any atom is 0.207 e. The molecule has 4 aromatic rings. The molecule has 1 aliphatic rings. The Morgan fingerprint density at radius 1 is 0.536 bits per heavy atom. The molecule has 0 unspecified atom stereocenters. The molecule has 0 N–H and O–H groups in total. The van der Waals surface area contributed by atoms with Crippen LogP contribution in [0, 0.1) is 0 Å². The second-order valence-corrected chi connectivity index (χ2v) is 9.60. The molecule has 136 valence electrons. The highest BCUT2D eigenvalue weighted by Crippen LogP contribution is 2.45. The third-order valence-corrected chi connectivity index (χ3v) is 7.45. The fourth-order valence-corrected chi connectivity index (χ4v) is 5.94. The summed E-state index contributed by atoms with van der Waals surface area (Å²) in [6.45, 7) is 0. The van der Waals surface area contributed by atoms with Gasteiger partial charge in [-0.15, -0.1) is 0 Å². The Bertz CT molecular complexity index is 1310. The summed E-state index contributed by atoms with van der Waals surface area (Å²) < 4.78 is 26.8. The molecular formula is C24H15BrO2S. The van der Waals surface area contributed by atoms with Gasteiger partial charge in [0.1, 0.15) is 0 Å². The second kappa shape index (κ2) is 6.43. The van der Waals surface area contributed by atoms with Crippen LogP contribution in [0.2, 0.25) is 0 Å². The monoisotopic (exact) mass is 446 g/mol. The highest BCUT2D eigenvalue weighted by Gasteiger charge is 2.33. The topological polar surface area (TPSA) is 34.1 Å². The highest BCUT2D eigenvalue weighted by molar-refractivity contribution is 9.10. The minimum Gasteiger partial charge on any atom is -0.218 e. The number of hydrogen-bond acceptors (Lipinski definition) is 2. The lowest BCUT2D eigenvalue weighted by molar-refractivity contribution is 0.598. The summed E-state index contributed by atoms with van der Waals surface area (Å²) in [4.78, 5) is 0.749. The lowest BCUT2D eigenvalue weighted by Crippen LogP contribution is -1.97. The minimum absolute atomic E-state index is 0.369. The van der Waals surface area contributed by atoms with Crippen molar-refractivity contribution in [3.63, 3.8) is 0 Å². The molecule has 0 saturated heterocycles. The molecule has 0 saturated carbocycles. The van der Waals surface area contributed by atoms with Crippen molar-refractivity contribution in [1.29, 1.82) is 0 Å². The average Bonchev–Trinajstić information content (AvgIpc) is 2.95. The van der Waals surface area contributed by atoms with E-state index in [1.807, 2.05) is 54.6 Å². The van der Waals surface area contributed by atoms with Crippen molar-refractivity contribution in [3.05, 3.63) is 95.5 Å². The van der Waals surface area contributed by atoms with Gasteiger partial charge in [0.2, 0.25) is 9.84 Å². The molecule has 28 heavy (non-hydrogen) atoms. The Morgan fingerprint density at radius 3 is 1.71 bits per heavy atom. The molecule has 0 radical (unpaired) electrons. The fourth-order valence-electron chi connectivity index (χ4n) is 3.69. The summed E-state index contributed by atoms with van der Waals surface area (Å²) in [6, 6.07) is 29.5. The van der Waals surface area contributed by atoms with E-state index in [1.54, 1.807) is 12.1 Å². The molecule has 5 rings (SSSR count). The molecule has 0 atom stereocenters. The van der Waals surface area contributed by atoms with Gasteiger partial charge in [0.15, 0.2) is 0 Å². The molecular weight excluding hydrogens is 432 g/mol. The van der Waals surface area contributed by atoms with E-state index in [9.17, 15) is 8.42 Å². The van der Waals surface area contributed by atoms with Crippen molar-refractivity contribution < 1.29 is 8.42 Å². The summed E-state index contributed by atoms with van der Waals surface area (Å²) in [6.07, 6.45) is 0. The Morgan fingerprint density at radius 2 is 1.04 bits per heavy atom. The third-order valence-electron chi connectivity index (χ3n) is 5.12. The lowest BCUT2D eigenvalue weighted by Gasteiger charge is -2.07. The van der Waals surface area contributed by atoms with Gasteiger partial charge >= 0.3 is 0 Å². The van der Waals surface area contributed by atoms with E-state index >= 15 is 0 Å². The number of hydrogen-bond donors (Lipinski definition) is 0. The van der Waals surface area contributed by atoms with Crippen LogP contribution in [0.25, 0.3) is 33.4 Å². The van der Waals surface area contributed by atoms with E-state index in [-0.39, 0.29) is 0 Å². The van der Waals surface area contributed by atoms with Crippen LogP contribution in [0.4, 0.5) is 0 Å². The van der Waals surface area contributed by atoms with Crippen LogP contribution < -0.4 is 0 Å². The second-order valence-electron chi connectivity index (χ2n) is 6.80. The summed E-state index contributed by atoms with van der Waals surface area (Å²) in [5, 5.41) is 0. The highest BCUT2D eigenvalue weighted by atomic mass is 79.9. The van der Waals surface area contributed by atoms with Crippen LogP contribution in [0.3, 0.4) is 0 Å². The van der Waals surface area contributed by atoms with Gasteiger partial charge < -0.3 is 0 Å². The van der Waals surface area contributed by atoms with Crippen molar-refractivity contribution in [2.75, 3.05) is 0 Å². The zero-order valence-electron chi connectivity index (χ0n) is 14.8. The van der Waals surface area contributed by atoms with Gasteiger partial charge in [0.25, 0.3) is 0 Å². The molecule has 1 aliphatic heterocycles. The molecule has 0 fully saturated rings. The van der Waals surface area contributed by atoms with Gasteiger partial charge in [0.05, 0.1) is 9.79 Å². The normalized spacial score (nSPS) is 13.8. The summed E-state index contributed by atoms with van der Waals surface area (Å²) in [7, 11) is -3.50. The molecule has 0 aromatic heterocycles. The summed E-state index contributed by atoms with van der Waals surface area (Å²) in [5.41, 5.74) is 5.72. The van der Waals surface area contributed by atoms with Gasteiger partial charge in [-0.3, -0.25) is 0 Å². The van der Waals surface area contributed by atoms with Crippen LogP contribution in [0.15, 0.2) is 105 Å². The van der Waals surface area contributed by atoms with Gasteiger partial charge in [-0.05, 0) is 40.5 Å². The van der Waals surface area contributed by atoms with Gasteiger partial charge in [-0.1, -0.05) is 88.7 Å². The Labute approximate surface area is 172 Å². The Hall–Kier alpha value is -2.69. The number of fused-ring (bicyclic) bond motifs is 3. The largest absolute Gasteiger partial charge is 0.218 e. The number of rotatable bonds is 2. The van der Waals surface area contributed by atoms with E-state index in [2.05, 4.69) is 40.2 Å². The third kappa shape index (κ3) is 2.72. The quantitative estimate of drug-likeness (QED) is 0.306. The molecule has 0 spiro atoms. The predicted octanol–water partition coefficient (Wildman–Crippen LogP) is 6.60. The first-order valence-corrected chi connectivity index (χ1v) is 11.2. The maximum absolute atomic E-state index is 13.0. The standard InChI is InChI=1S/C24H15BrO2S/c25-20-11-13-22-21-12-10-19(14-23(21)28(26,27)24(22)15-20)18-8-6-17(7-9-18)16-4-2-1-3-5-16/h1-15H. The Kier molecular flexibility index (Phi) is 4.00. The number of halogens is 1. The summed E-state index contributed by atoms with van der Waals surface area (Å²) in [5.74, 6) is 0. The van der Waals surface area contributed by atoms with Crippen molar-refractivity contribution in [2.45, 2.75) is 9.79 Å². The van der Waals surface area contributed by atoms with E-state index in [1.165, 1.54) is 0 Å². The molecule has 0 bridgehead atoms. The van der Waals surface area contributed by atoms with Crippen LogP contribution in [-0.4, -0.2) is 8.42 Å². The smallest absolute Gasteiger partial charge is 0.207 e. The van der Waals surface area contributed by atoms with E-state index < -0.39 is 9.84 Å². The molecule has 0 aliphatic carbocycles. The maximum atomic E-state index is 13.0. The number of sulfone groups is 1. The van der Waals surface area contributed by atoms with Crippen LogP contribution >= 0.6 is 15.9 Å². The van der Waals surface area contributed by atoms with Crippen molar-refractivity contribution in [1.82, 2.24) is 0 Å². The van der Waals surface area contributed by atoms with Crippen LogP contribution in [0.5, 0.6) is 0 Å². The SMILES string of the molecule is O=S1(=O)c2cc(Br)ccc2-c2ccc(-c3ccc(-c4ccccc4)cc3)cc21. The van der Waals surface area contributed by atoms with E-state index in [4.69, 9.17) is 0 Å². The predicted molar refractivity (Wildman–Crippen MR) is 116 cm³/mol. The van der Waals surface area contributed by atoms with Crippen molar-refractivity contribution >= 4 is 25.8 Å². The first-order chi connectivity index (χ1) is 13.5. The first-order valence-electron chi connectivity index (χ1n) is 8.89. The average molecular weight is 447 g/mol. The van der Waals surface area contributed by atoms with Crippen molar-refractivity contribution in [2.24, 2.45) is 0 Å². The van der Waals surface area contributed by atoms with Gasteiger partial charge in [-0.25, -0.2) is 8.42 Å². The molecule has 4 aromatic carbocycles. The first kappa shape index (κ1) is 17.4. The van der Waals surface area contributed by atoms with E-state index in [0.29, 0.717) is 9.79 Å². The summed E-state index contributed by atoms with van der Waals surface area (Å²) >= 11 is 3.37. The lowest BCUT2D eigenvalue weighted by atomic mass is 9.98. The molecule has 2 nitrogen and oxygen atoms in total. The van der Waals surface area contributed by atoms with Crippen LogP contribution in [0.1, 0.15) is 0 Å². The van der Waals surface area contributed by atoms with Crippen molar-refractivity contribution in [3.8, 4) is 33.4 Å². The Balaban J connectivity index is 1.58. The minimum atomic E-state index is -3.50. The zero-order valence-corrected chi connectivity index (χ0v) is 17.2. The van der Waals surface area contributed by atoms with Gasteiger partial charge in [0, 0.05) is 15.6 Å². The molecule has 1 heterocycles. The zero-order chi connectivity index (χ0) is 19.3. The molecule has 0 amide bonds. The number of benzene rings is 4. The van der Waals surface area contributed by atoms with Crippen LogP contribution in [-0.2, 0) is 9.84 Å².